The Morgan fingerprint density at radius 2 is 2.08 bits per heavy atom. The summed E-state index contributed by atoms with van der Waals surface area (Å²) in [6, 6.07) is 11.2. The number of hydrogen-bond donors (Lipinski definition) is 1. The first-order valence-corrected chi connectivity index (χ1v) is 8.69. The van der Waals surface area contributed by atoms with E-state index >= 15 is 0 Å². The summed E-state index contributed by atoms with van der Waals surface area (Å²) < 4.78 is 0. The molecule has 2 aliphatic rings. The van der Waals surface area contributed by atoms with Crippen LogP contribution in [0.25, 0.3) is 11.3 Å². The topological polar surface area (TPSA) is 70.5 Å². The van der Waals surface area contributed by atoms with Crippen LogP contribution < -0.4 is 0 Å². The number of carbonyl (C=O) groups is 2. The number of pyridine rings is 1. The molecule has 2 fully saturated rings. The molecule has 1 aliphatic carbocycles. The number of carboxylic acids is 1. The predicted octanol–water partition coefficient (Wildman–Crippen LogP) is 3.00. The van der Waals surface area contributed by atoms with E-state index in [1.54, 1.807) is 18.3 Å². The zero-order valence-electron chi connectivity index (χ0n) is 13.9. The molecule has 1 aromatic heterocycles. The van der Waals surface area contributed by atoms with Gasteiger partial charge in [-0.15, -0.1) is 0 Å². The van der Waals surface area contributed by atoms with Gasteiger partial charge in [-0.3, -0.25) is 14.6 Å². The summed E-state index contributed by atoms with van der Waals surface area (Å²) in [7, 11) is 0. The fourth-order valence-electron chi connectivity index (χ4n) is 4.14. The molecular weight excluding hydrogens is 316 g/mol. The molecule has 1 amide bonds. The number of carboxylic acid groups (broad SMARTS) is 1. The molecule has 2 bridgehead atoms. The minimum absolute atomic E-state index is 0.0407. The first kappa shape index (κ1) is 15.8. The summed E-state index contributed by atoms with van der Waals surface area (Å²) in [5, 5.41) is 9.00. The molecule has 0 unspecified atom stereocenters. The molecule has 128 valence electrons. The third kappa shape index (κ3) is 3.02. The SMILES string of the molecule is O=C(O)Cc1cccc(-c2ncccc2C(=O)N2C[C@H]3CC[C@@H]2C3)c1. The fourth-order valence-corrected chi connectivity index (χ4v) is 4.14. The van der Waals surface area contributed by atoms with Crippen LogP contribution in [0.3, 0.4) is 0 Å². The fraction of sp³-hybridized carbons (Fsp3) is 0.350. The molecule has 1 aromatic carbocycles. The van der Waals surface area contributed by atoms with Gasteiger partial charge in [0.1, 0.15) is 0 Å². The number of piperidine rings is 1. The number of hydrogen-bond acceptors (Lipinski definition) is 3. The molecule has 0 spiro atoms. The molecule has 2 atom stereocenters. The Labute approximate surface area is 146 Å². The van der Waals surface area contributed by atoms with Crippen LogP contribution in [0.2, 0.25) is 0 Å². The zero-order valence-corrected chi connectivity index (χ0v) is 13.9. The smallest absolute Gasteiger partial charge is 0.307 e. The van der Waals surface area contributed by atoms with Gasteiger partial charge < -0.3 is 10.0 Å². The molecule has 1 saturated carbocycles. The number of rotatable bonds is 4. The van der Waals surface area contributed by atoms with Crippen LogP contribution >= 0.6 is 0 Å². The van der Waals surface area contributed by atoms with Gasteiger partial charge in [0.25, 0.3) is 5.91 Å². The second-order valence-electron chi connectivity index (χ2n) is 6.96. The van der Waals surface area contributed by atoms with Gasteiger partial charge in [-0.25, -0.2) is 0 Å². The molecule has 0 radical (unpaired) electrons. The summed E-state index contributed by atoms with van der Waals surface area (Å²) in [5.41, 5.74) is 2.71. The molecule has 4 rings (SSSR count). The molecule has 1 aliphatic heterocycles. The molecule has 5 heteroatoms. The van der Waals surface area contributed by atoms with Gasteiger partial charge in [0.15, 0.2) is 0 Å². The van der Waals surface area contributed by atoms with E-state index in [1.807, 2.05) is 29.2 Å². The minimum Gasteiger partial charge on any atom is -0.481 e. The van der Waals surface area contributed by atoms with E-state index in [2.05, 4.69) is 4.98 Å². The number of amides is 1. The van der Waals surface area contributed by atoms with Crippen molar-refractivity contribution >= 4 is 11.9 Å². The number of likely N-dealkylation sites (tertiary alicyclic amines) is 1. The lowest BCUT2D eigenvalue weighted by molar-refractivity contribution is -0.136. The number of aromatic nitrogens is 1. The standard InChI is InChI=1S/C20H20N2O3/c23-18(24)11-13-3-1-4-15(9-13)19-17(5-2-8-21-19)20(25)22-12-14-6-7-16(22)10-14/h1-5,8-9,14,16H,6-7,10-12H2,(H,23,24)/t14-,16+/m0/s1. The highest BCUT2D eigenvalue weighted by Gasteiger charge is 2.40. The van der Waals surface area contributed by atoms with Crippen molar-refractivity contribution in [3.63, 3.8) is 0 Å². The van der Waals surface area contributed by atoms with E-state index in [9.17, 15) is 9.59 Å². The van der Waals surface area contributed by atoms with Crippen LogP contribution in [0, 0.1) is 5.92 Å². The number of fused-ring (bicyclic) bond motifs is 2. The minimum atomic E-state index is -0.873. The molecule has 1 N–H and O–H groups in total. The molecule has 1 saturated heterocycles. The Kier molecular flexibility index (Phi) is 3.99. The molecule has 5 nitrogen and oxygen atoms in total. The van der Waals surface area contributed by atoms with E-state index in [0.717, 1.165) is 24.9 Å². The van der Waals surface area contributed by atoms with Gasteiger partial charge in [0.05, 0.1) is 17.7 Å². The zero-order chi connectivity index (χ0) is 17.4. The maximum Gasteiger partial charge on any atom is 0.307 e. The van der Waals surface area contributed by atoms with Gasteiger partial charge >= 0.3 is 5.97 Å². The average molecular weight is 336 g/mol. The van der Waals surface area contributed by atoms with Crippen molar-refractivity contribution < 1.29 is 14.7 Å². The van der Waals surface area contributed by atoms with Crippen molar-refractivity contribution in [1.82, 2.24) is 9.88 Å². The van der Waals surface area contributed by atoms with Gasteiger partial charge in [-0.05, 0) is 48.9 Å². The van der Waals surface area contributed by atoms with Crippen molar-refractivity contribution in [2.45, 2.75) is 31.7 Å². The lowest BCUT2D eigenvalue weighted by Gasteiger charge is -2.27. The first-order valence-electron chi connectivity index (χ1n) is 8.69. The molecule has 2 aromatic rings. The Morgan fingerprint density at radius 3 is 2.80 bits per heavy atom. The number of carbonyl (C=O) groups excluding carboxylic acids is 1. The largest absolute Gasteiger partial charge is 0.481 e. The number of aliphatic carboxylic acids is 1. The Bertz CT molecular complexity index is 833. The van der Waals surface area contributed by atoms with Crippen LogP contribution in [-0.2, 0) is 11.2 Å². The normalized spacial score (nSPS) is 21.5. The third-order valence-corrected chi connectivity index (χ3v) is 5.26. The van der Waals surface area contributed by atoms with Crippen molar-refractivity contribution in [2.24, 2.45) is 5.92 Å². The Morgan fingerprint density at radius 1 is 1.20 bits per heavy atom. The van der Waals surface area contributed by atoms with Crippen molar-refractivity contribution in [3.05, 3.63) is 53.7 Å². The summed E-state index contributed by atoms with van der Waals surface area (Å²) in [6.07, 6.45) is 5.08. The highest BCUT2D eigenvalue weighted by Crippen LogP contribution is 2.38. The maximum atomic E-state index is 13.1. The lowest BCUT2D eigenvalue weighted by Crippen LogP contribution is -2.37. The quantitative estimate of drug-likeness (QED) is 0.932. The lowest BCUT2D eigenvalue weighted by atomic mass is 10.0. The van der Waals surface area contributed by atoms with Crippen LogP contribution in [0.4, 0.5) is 0 Å². The van der Waals surface area contributed by atoms with Gasteiger partial charge in [0, 0.05) is 24.3 Å². The van der Waals surface area contributed by atoms with Gasteiger partial charge in [-0.1, -0.05) is 18.2 Å². The van der Waals surface area contributed by atoms with Crippen LogP contribution in [0.1, 0.15) is 35.2 Å². The van der Waals surface area contributed by atoms with Crippen LogP contribution in [-0.4, -0.2) is 39.5 Å². The van der Waals surface area contributed by atoms with Crippen molar-refractivity contribution in [2.75, 3.05) is 6.54 Å². The van der Waals surface area contributed by atoms with E-state index < -0.39 is 5.97 Å². The summed E-state index contributed by atoms with van der Waals surface area (Å²) in [5.74, 6) is -0.186. The second kappa shape index (κ2) is 6.31. The average Bonchev–Trinajstić information content (AvgIpc) is 3.24. The van der Waals surface area contributed by atoms with Crippen molar-refractivity contribution in [1.29, 1.82) is 0 Å². The summed E-state index contributed by atoms with van der Waals surface area (Å²) >= 11 is 0. The molecular formula is C20H20N2O3. The van der Waals surface area contributed by atoms with E-state index in [0.29, 0.717) is 28.8 Å². The van der Waals surface area contributed by atoms with Crippen molar-refractivity contribution in [3.8, 4) is 11.3 Å². The Balaban J connectivity index is 1.67. The maximum absolute atomic E-state index is 13.1. The third-order valence-electron chi connectivity index (χ3n) is 5.26. The Hall–Kier alpha value is -2.69. The van der Waals surface area contributed by atoms with E-state index in [1.165, 1.54) is 6.42 Å². The predicted molar refractivity (Wildman–Crippen MR) is 93.2 cm³/mol. The van der Waals surface area contributed by atoms with E-state index in [4.69, 9.17) is 5.11 Å². The summed E-state index contributed by atoms with van der Waals surface area (Å²) in [4.78, 5) is 30.5. The first-order chi connectivity index (χ1) is 12.1. The highest BCUT2D eigenvalue weighted by molar-refractivity contribution is 6.00. The van der Waals surface area contributed by atoms with E-state index in [-0.39, 0.29) is 12.3 Å². The number of nitrogens with zero attached hydrogens (tertiary/aromatic N) is 2. The number of benzene rings is 1. The highest BCUT2D eigenvalue weighted by atomic mass is 16.4. The monoisotopic (exact) mass is 336 g/mol. The van der Waals surface area contributed by atoms with Gasteiger partial charge in [-0.2, -0.15) is 0 Å². The second-order valence-corrected chi connectivity index (χ2v) is 6.96. The summed E-state index contributed by atoms with van der Waals surface area (Å²) in [6.45, 7) is 0.844. The molecule has 25 heavy (non-hydrogen) atoms. The van der Waals surface area contributed by atoms with Gasteiger partial charge in [0.2, 0.25) is 0 Å². The van der Waals surface area contributed by atoms with Crippen LogP contribution in [0.5, 0.6) is 0 Å². The van der Waals surface area contributed by atoms with Crippen LogP contribution in [0.15, 0.2) is 42.6 Å². The molecule has 2 heterocycles.